The van der Waals surface area contributed by atoms with Crippen LogP contribution in [0.4, 0.5) is 0 Å². The molecule has 3 aromatic heterocycles. The number of benzene rings is 1. The number of hydrogen-bond donors (Lipinski definition) is 0. The van der Waals surface area contributed by atoms with Gasteiger partial charge in [-0.1, -0.05) is 12.1 Å². The van der Waals surface area contributed by atoms with Crippen LogP contribution in [0, 0.1) is 0 Å². The summed E-state index contributed by atoms with van der Waals surface area (Å²) in [6.07, 6.45) is 6.71. The lowest BCUT2D eigenvalue weighted by atomic mass is 9.99. The summed E-state index contributed by atoms with van der Waals surface area (Å²) in [6, 6.07) is 11.5. The van der Waals surface area contributed by atoms with Gasteiger partial charge in [-0.15, -0.1) is 11.3 Å². The average molecular weight is 420 g/mol. The van der Waals surface area contributed by atoms with E-state index in [4.69, 9.17) is 4.74 Å². The lowest BCUT2D eigenvalue weighted by Gasteiger charge is -2.38. The first-order valence-electron chi connectivity index (χ1n) is 9.96. The zero-order chi connectivity index (χ0) is 20.5. The number of ether oxygens (including phenoxy) is 1. The topological polar surface area (TPSA) is 73.1 Å². The van der Waals surface area contributed by atoms with Gasteiger partial charge in [0.1, 0.15) is 11.9 Å². The molecule has 0 bridgehead atoms. The van der Waals surface area contributed by atoms with Gasteiger partial charge < -0.3 is 9.64 Å². The number of aromatic nitrogens is 4. The van der Waals surface area contributed by atoms with Crippen LogP contribution in [0.15, 0.2) is 60.4 Å². The van der Waals surface area contributed by atoms with Crippen LogP contribution in [0.1, 0.15) is 30.1 Å². The molecule has 152 valence electrons. The molecule has 4 heterocycles. The summed E-state index contributed by atoms with van der Waals surface area (Å²) in [6.45, 7) is 2.63. The van der Waals surface area contributed by atoms with Gasteiger partial charge in [-0.2, -0.15) is 15.0 Å². The van der Waals surface area contributed by atoms with E-state index in [1.54, 1.807) is 29.9 Å². The van der Waals surface area contributed by atoms with E-state index in [1.165, 1.54) is 4.80 Å². The van der Waals surface area contributed by atoms with Crippen molar-refractivity contribution in [2.75, 3.05) is 6.54 Å². The molecule has 0 radical (unpaired) electrons. The van der Waals surface area contributed by atoms with E-state index in [9.17, 15) is 4.79 Å². The second kappa shape index (κ2) is 7.87. The van der Waals surface area contributed by atoms with Crippen molar-refractivity contribution in [3.63, 3.8) is 0 Å². The third-order valence-corrected chi connectivity index (χ3v) is 6.39. The van der Waals surface area contributed by atoms with Crippen molar-refractivity contribution < 1.29 is 9.53 Å². The molecule has 1 aliphatic rings. The molecule has 4 aromatic rings. The Kier molecular flexibility index (Phi) is 4.92. The molecule has 0 spiro atoms. The van der Waals surface area contributed by atoms with Crippen LogP contribution in [0.5, 0.6) is 5.75 Å². The summed E-state index contributed by atoms with van der Waals surface area (Å²) < 4.78 is 7.39. The molecule has 0 unspecified atom stereocenters. The maximum Gasteiger partial charge on any atom is 0.256 e. The summed E-state index contributed by atoms with van der Waals surface area (Å²) in [4.78, 5) is 21.3. The zero-order valence-corrected chi connectivity index (χ0v) is 17.3. The number of fused-ring (bicyclic) bond motifs is 1. The second-order valence-electron chi connectivity index (χ2n) is 7.40. The molecule has 1 aliphatic heterocycles. The number of nitrogens with zero attached hydrogens (tertiary/aromatic N) is 5. The fourth-order valence-electron chi connectivity index (χ4n) is 3.90. The van der Waals surface area contributed by atoms with Crippen molar-refractivity contribution in [2.24, 2.45) is 0 Å². The molecule has 2 atom stereocenters. The van der Waals surface area contributed by atoms with Gasteiger partial charge in [0.05, 0.1) is 40.4 Å². The third-order valence-electron chi connectivity index (χ3n) is 5.47. The lowest BCUT2D eigenvalue weighted by molar-refractivity contribution is 0.0388. The van der Waals surface area contributed by atoms with Crippen LogP contribution in [0.3, 0.4) is 0 Å². The van der Waals surface area contributed by atoms with Crippen molar-refractivity contribution in [3.05, 3.63) is 65.9 Å². The molecular formula is C22H21N5O2S. The minimum Gasteiger partial charge on any atom is -0.487 e. The van der Waals surface area contributed by atoms with Gasteiger partial charge >= 0.3 is 0 Å². The maximum atomic E-state index is 13.5. The highest BCUT2D eigenvalue weighted by atomic mass is 32.1. The van der Waals surface area contributed by atoms with Gasteiger partial charge in [0, 0.05) is 12.2 Å². The Morgan fingerprint density at radius 1 is 1.10 bits per heavy atom. The van der Waals surface area contributed by atoms with Crippen LogP contribution in [-0.4, -0.2) is 49.5 Å². The number of carbonyl (C=O) groups excluding carboxylic acids is 1. The number of likely N-dealkylation sites (tertiary alicyclic amines) is 1. The summed E-state index contributed by atoms with van der Waals surface area (Å²) in [5.74, 6) is 0.808. The molecule has 1 amide bonds. The van der Waals surface area contributed by atoms with E-state index in [1.807, 2.05) is 46.7 Å². The molecule has 1 saturated heterocycles. The van der Waals surface area contributed by atoms with Gasteiger partial charge in [0.15, 0.2) is 0 Å². The average Bonchev–Trinajstić information content (AvgIpc) is 3.47. The van der Waals surface area contributed by atoms with Crippen LogP contribution >= 0.6 is 11.3 Å². The van der Waals surface area contributed by atoms with E-state index < -0.39 is 0 Å². The highest BCUT2D eigenvalue weighted by molar-refractivity contribution is 7.17. The molecule has 7 nitrogen and oxygen atoms in total. The number of para-hydroxylation sites is 1. The summed E-state index contributed by atoms with van der Waals surface area (Å²) in [5, 5.41) is 10.4. The van der Waals surface area contributed by atoms with Crippen molar-refractivity contribution in [1.29, 1.82) is 0 Å². The fourth-order valence-corrected chi connectivity index (χ4v) is 4.71. The SMILES string of the molecule is C[C@@H]1CC[C@@H](Oc2ccnc3ccsc23)CN1C(=O)c1ccccc1-n1nccn1. The van der Waals surface area contributed by atoms with Crippen LogP contribution < -0.4 is 4.74 Å². The molecule has 0 aliphatic carbocycles. The van der Waals surface area contributed by atoms with E-state index in [0.29, 0.717) is 17.8 Å². The number of rotatable bonds is 4. The van der Waals surface area contributed by atoms with Crippen LogP contribution in [-0.2, 0) is 0 Å². The first kappa shape index (κ1) is 18.7. The molecular weight excluding hydrogens is 398 g/mol. The number of amides is 1. The summed E-state index contributed by atoms with van der Waals surface area (Å²) >= 11 is 1.62. The Labute approximate surface area is 177 Å². The van der Waals surface area contributed by atoms with Gasteiger partial charge in [-0.05, 0) is 49.4 Å². The van der Waals surface area contributed by atoms with Gasteiger partial charge in [-0.25, -0.2) is 0 Å². The third kappa shape index (κ3) is 3.43. The predicted octanol–water partition coefficient (Wildman–Crippen LogP) is 3.95. The largest absolute Gasteiger partial charge is 0.487 e. The molecule has 1 fully saturated rings. The zero-order valence-electron chi connectivity index (χ0n) is 16.5. The van der Waals surface area contributed by atoms with Gasteiger partial charge in [-0.3, -0.25) is 9.78 Å². The molecule has 5 rings (SSSR count). The van der Waals surface area contributed by atoms with Crippen molar-refractivity contribution in [2.45, 2.75) is 31.9 Å². The Morgan fingerprint density at radius 2 is 1.93 bits per heavy atom. The maximum absolute atomic E-state index is 13.5. The lowest BCUT2D eigenvalue weighted by Crippen LogP contribution is -2.49. The van der Waals surface area contributed by atoms with E-state index in [-0.39, 0.29) is 18.1 Å². The van der Waals surface area contributed by atoms with Crippen LogP contribution in [0.2, 0.25) is 0 Å². The summed E-state index contributed by atoms with van der Waals surface area (Å²) in [5.41, 5.74) is 2.21. The number of hydrogen-bond acceptors (Lipinski definition) is 6. The van der Waals surface area contributed by atoms with Crippen molar-refractivity contribution >= 4 is 27.5 Å². The Bertz CT molecular complexity index is 1170. The fraction of sp³-hybridized carbons (Fsp3) is 0.273. The smallest absolute Gasteiger partial charge is 0.256 e. The number of pyridine rings is 1. The highest BCUT2D eigenvalue weighted by Gasteiger charge is 2.32. The minimum atomic E-state index is -0.0622. The molecule has 1 aromatic carbocycles. The quantitative estimate of drug-likeness (QED) is 0.501. The van der Waals surface area contributed by atoms with Crippen molar-refractivity contribution in [3.8, 4) is 11.4 Å². The highest BCUT2D eigenvalue weighted by Crippen LogP contribution is 2.32. The van der Waals surface area contributed by atoms with Crippen molar-refractivity contribution in [1.82, 2.24) is 24.9 Å². The minimum absolute atomic E-state index is 0.0281. The predicted molar refractivity (Wildman–Crippen MR) is 115 cm³/mol. The van der Waals surface area contributed by atoms with E-state index in [0.717, 1.165) is 28.8 Å². The second-order valence-corrected chi connectivity index (χ2v) is 8.32. The number of thiophene rings is 1. The Balaban J connectivity index is 1.39. The normalized spacial score (nSPS) is 19.2. The Morgan fingerprint density at radius 3 is 2.80 bits per heavy atom. The van der Waals surface area contributed by atoms with Crippen LogP contribution in [0.25, 0.3) is 15.9 Å². The van der Waals surface area contributed by atoms with Gasteiger partial charge in [0.2, 0.25) is 0 Å². The Hall–Kier alpha value is -3.26. The number of carbonyl (C=O) groups is 1. The van der Waals surface area contributed by atoms with Gasteiger partial charge in [0.25, 0.3) is 5.91 Å². The monoisotopic (exact) mass is 419 g/mol. The molecule has 0 saturated carbocycles. The first-order chi connectivity index (χ1) is 14.7. The molecule has 0 N–H and O–H groups in total. The standard InChI is InChI=1S/C22H21N5O2S/c1-15-6-7-16(29-20-8-10-23-18-9-13-30-21(18)20)14-26(15)22(28)17-4-2-3-5-19(17)27-24-11-12-25-27/h2-5,8-13,15-16H,6-7,14H2,1H3/t15-,16-/m1/s1. The first-order valence-corrected chi connectivity index (χ1v) is 10.8. The molecule has 30 heavy (non-hydrogen) atoms. The summed E-state index contributed by atoms with van der Waals surface area (Å²) in [7, 11) is 0. The molecule has 8 heteroatoms. The van der Waals surface area contributed by atoms with E-state index in [2.05, 4.69) is 22.1 Å². The van der Waals surface area contributed by atoms with E-state index >= 15 is 0 Å². The number of piperidine rings is 1.